The van der Waals surface area contributed by atoms with Crippen LogP contribution in [-0.4, -0.2) is 63.1 Å². The van der Waals surface area contributed by atoms with E-state index in [-0.39, 0.29) is 46.9 Å². The second-order valence-corrected chi connectivity index (χ2v) is 13.4. The predicted octanol–water partition coefficient (Wildman–Crippen LogP) is 6.50. The van der Waals surface area contributed by atoms with E-state index in [0.717, 1.165) is 6.20 Å². The van der Waals surface area contributed by atoms with Crippen LogP contribution in [0.25, 0.3) is 0 Å². The molecule has 1 aromatic heterocycles. The van der Waals surface area contributed by atoms with Gasteiger partial charge in [-0.3, -0.25) is 24.4 Å². The highest BCUT2D eigenvalue weighted by molar-refractivity contribution is 8.45. The van der Waals surface area contributed by atoms with Gasteiger partial charge < -0.3 is 10.4 Å². The standard InChI is InChI=1S/C26H24F11N5O3S/c27-16-11-15(12-39-13-16)20(22(43)40-17-5-7-24(28,29)8-6-17)42(18-1-3-19(4-2-18)46(33,34,35,36)37)23(44)21-25(45,26(30,31)32)9-10-41(21)14-38/h1-4,11-13,17,20-21,45H,5-10H2,(H,40,43)/t20?,21-,25?/m0/s1. The zero-order valence-corrected chi connectivity index (χ0v) is 24.0. The van der Waals surface area contributed by atoms with Crippen molar-refractivity contribution in [2.75, 3.05) is 11.4 Å². The quantitative estimate of drug-likeness (QED) is 0.253. The Hall–Kier alpha value is -3.86. The number of hydrogen-bond acceptors (Lipinski definition) is 6. The van der Waals surface area contributed by atoms with Crippen LogP contribution in [0.4, 0.5) is 51.5 Å². The van der Waals surface area contributed by atoms with Crippen LogP contribution in [0.1, 0.15) is 43.7 Å². The van der Waals surface area contributed by atoms with Gasteiger partial charge >= 0.3 is 16.4 Å². The van der Waals surface area contributed by atoms with Gasteiger partial charge in [0, 0.05) is 49.3 Å². The number of hydrogen-bond donors (Lipinski definition) is 2. The van der Waals surface area contributed by atoms with Gasteiger partial charge in [0.15, 0.2) is 17.8 Å². The summed E-state index contributed by atoms with van der Waals surface area (Å²) in [6.45, 7) is -0.853. The molecule has 1 aliphatic heterocycles. The second kappa shape index (κ2) is 10.9. The van der Waals surface area contributed by atoms with Crippen molar-refractivity contribution in [1.29, 1.82) is 5.26 Å². The molecule has 0 radical (unpaired) electrons. The van der Waals surface area contributed by atoms with Gasteiger partial charge in [0.2, 0.25) is 11.8 Å². The van der Waals surface area contributed by atoms with Gasteiger partial charge in [0.1, 0.15) is 16.8 Å². The number of halogens is 11. The lowest BCUT2D eigenvalue weighted by atomic mass is 9.90. The number of rotatable bonds is 7. The first-order valence-electron chi connectivity index (χ1n) is 13.3. The number of carbonyl (C=O) groups is 2. The summed E-state index contributed by atoms with van der Waals surface area (Å²) >= 11 is 0. The summed E-state index contributed by atoms with van der Waals surface area (Å²) in [5.74, 6) is -7.52. The van der Waals surface area contributed by atoms with Gasteiger partial charge in [-0.05, 0) is 43.2 Å². The minimum Gasteiger partial charge on any atom is -0.378 e. The monoisotopic (exact) mass is 695 g/mol. The van der Waals surface area contributed by atoms with E-state index in [0.29, 0.717) is 12.3 Å². The van der Waals surface area contributed by atoms with Crippen LogP contribution in [0, 0.1) is 17.3 Å². The van der Waals surface area contributed by atoms with Crippen LogP contribution >= 0.6 is 10.2 Å². The van der Waals surface area contributed by atoms with Crippen molar-refractivity contribution < 1.29 is 60.5 Å². The van der Waals surface area contributed by atoms with Crippen LogP contribution in [0.3, 0.4) is 0 Å². The van der Waals surface area contributed by atoms with Crippen LogP contribution in [0.15, 0.2) is 47.6 Å². The normalized spacial score (nSPS) is 24.3. The molecule has 0 bridgehead atoms. The lowest BCUT2D eigenvalue weighted by Gasteiger charge is -2.41. The summed E-state index contributed by atoms with van der Waals surface area (Å²) < 4.78 is 152. The molecule has 1 aliphatic carbocycles. The number of aromatic nitrogens is 1. The molecule has 4 rings (SSSR count). The molecule has 2 unspecified atom stereocenters. The summed E-state index contributed by atoms with van der Waals surface area (Å²) in [4.78, 5) is 29.2. The fourth-order valence-corrected chi connectivity index (χ4v) is 6.07. The van der Waals surface area contributed by atoms with E-state index in [2.05, 4.69) is 10.3 Å². The molecular formula is C26H24F11N5O3S. The maximum atomic E-state index is 14.3. The van der Waals surface area contributed by atoms with Crippen LogP contribution < -0.4 is 10.2 Å². The van der Waals surface area contributed by atoms with Gasteiger partial charge in [-0.25, -0.2) is 13.2 Å². The molecule has 1 aromatic carbocycles. The summed E-state index contributed by atoms with van der Waals surface area (Å²) in [5, 5.41) is 22.5. The minimum atomic E-state index is -10.3. The summed E-state index contributed by atoms with van der Waals surface area (Å²) in [6.07, 6.45) is -6.19. The maximum Gasteiger partial charge on any atom is 0.419 e. The lowest BCUT2D eigenvalue weighted by molar-refractivity contribution is -0.263. The maximum absolute atomic E-state index is 14.3. The molecule has 2 amide bonds. The van der Waals surface area contributed by atoms with Crippen molar-refractivity contribution in [3.63, 3.8) is 0 Å². The van der Waals surface area contributed by atoms with E-state index in [9.17, 15) is 65.7 Å². The zero-order valence-electron chi connectivity index (χ0n) is 23.1. The molecule has 46 heavy (non-hydrogen) atoms. The number of likely N-dealkylation sites (tertiary alicyclic amines) is 1. The van der Waals surface area contributed by atoms with Crippen molar-refractivity contribution in [2.24, 2.45) is 0 Å². The molecule has 2 N–H and O–H groups in total. The minimum absolute atomic E-state index is 0.0927. The fourth-order valence-electron chi connectivity index (χ4n) is 5.42. The van der Waals surface area contributed by atoms with E-state index in [1.807, 2.05) is 0 Å². The summed E-state index contributed by atoms with van der Waals surface area (Å²) in [5.41, 5.74) is -5.47. The number of nitrogens with zero attached hydrogens (tertiary/aromatic N) is 4. The van der Waals surface area contributed by atoms with Gasteiger partial charge in [-0.15, -0.1) is 0 Å². The van der Waals surface area contributed by atoms with Crippen molar-refractivity contribution in [3.05, 3.63) is 54.1 Å². The highest BCUT2D eigenvalue weighted by Crippen LogP contribution is 3.02. The molecule has 2 aliphatic rings. The first kappa shape index (κ1) is 35.0. The Kier molecular flexibility index (Phi) is 8.26. The first-order valence-corrected chi connectivity index (χ1v) is 15.2. The Morgan fingerprint density at radius 3 is 2.15 bits per heavy atom. The largest absolute Gasteiger partial charge is 0.419 e. The second-order valence-electron chi connectivity index (χ2n) is 11.0. The average Bonchev–Trinajstić information content (AvgIpc) is 3.29. The lowest BCUT2D eigenvalue weighted by Crippen LogP contribution is -2.62. The van der Waals surface area contributed by atoms with Crippen LogP contribution in [0.5, 0.6) is 0 Å². The molecule has 254 valence electrons. The fraction of sp³-hybridized carbons (Fsp3) is 0.462. The SMILES string of the molecule is N#CN1CCC(O)(C(F)(F)F)[C@@H]1C(=O)N(c1ccc(S(F)(F)(F)(F)F)cc1)C(C(=O)NC1CCC(F)(F)CC1)c1cncc(F)c1. The van der Waals surface area contributed by atoms with E-state index >= 15 is 0 Å². The van der Waals surface area contributed by atoms with E-state index in [1.54, 1.807) is 0 Å². The molecule has 1 saturated heterocycles. The number of carbonyl (C=O) groups excluding carboxylic acids is 2. The Labute approximate surface area is 253 Å². The number of benzene rings is 1. The van der Waals surface area contributed by atoms with Crippen molar-refractivity contribution in [1.82, 2.24) is 15.2 Å². The molecule has 3 atom stereocenters. The summed E-state index contributed by atoms with van der Waals surface area (Å²) in [7, 11) is -10.3. The first-order chi connectivity index (χ1) is 20.9. The molecule has 2 heterocycles. The molecule has 20 heteroatoms. The predicted molar refractivity (Wildman–Crippen MR) is 139 cm³/mol. The highest BCUT2D eigenvalue weighted by atomic mass is 32.5. The number of nitrogens with one attached hydrogen (secondary N) is 1. The van der Waals surface area contributed by atoms with Gasteiger partial charge in [-0.1, -0.05) is 19.4 Å². The number of nitriles is 1. The van der Waals surface area contributed by atoms with Gasteiger partial charge in [0.25, 0.3) is 5.91 Å². The van der Waals surface area contributed by atoms with E-state index in [1.165, 1.54) is 6.19 Å². The van der Waals surface area contributed by atoms with Crippen LogP contribution in [-0.2, 0) is 9.59 Å². The zero-order chi connectivity index (χ0) is 34.6. The van der Waals surface area contributed by atoms with Crippen molar-refractivity contribution >= 4 is 27.7 Å². The van der Waals surface area contributed by atoms with Gasteiger partial charge in [0.05, 0.1) is 6.20 Å². The molecule has 0 spiro atoms. The highest BCUT2D eigenvalue weighted by Gasteiger charge is 2.67. The molecule has 1 saturated carbocycles. The number of alkyl halides is 5. The van der Waals surface area contributed by atoms with E-state index in [4.69, 9.17) is 0 Å². The number of pyridine rings is 1. The van der Waals surface area contributed by atoms with Crippen LogP contribution in [0.2, 0.25) is 0 Å². The van der Waals surface area contributed by atoms with Crippen molar-refractivity contribution in [3.8, 4) is 6.19 Å². The third kappa shape index (κ3) is 7.09. The smallest absolute Gasteiger partial charge is 0.378 e. The molecule has 2 aromatic rings. The molecular weight excluding hydrogens is 671 g/mol. The third-order valence-corrected chi connectivity index (χ3v) is 8.92. The molecule has 8 nitrogen and oxygen atoms in total. The Bertz CT molecular complexity index is 1540. The Balaban J connectivity index is 1.91. The Morgan fingerprint density at radius 1 is 1.07 bits per heavy atom. The van der Waals surface area contributed by atoms with Gasteiger partial charge in [-0.2, -0.15) is 18.4 Å². The number of anilines is 1. The number of amides is 2. The summed E-state index contributed by atoms with van der Waals surface area (Å²) in [6, 6.07) is -5.56. The third-order valence-electron chi connectivity index (χ3n) is 7.76. The topological polar surface area (TPSA) is 110 Å². The molecule has 2 fully saturated rings. The number of aliphatic hydroxyl groups is 1. The Morgan fingerprint density at radius 2 is 1.65 bits per heavy atom. The van der Waals surface area contributed by atoms with E-state index < -0.39 is 106 Å². The average molecular weight is 696 g/mol. The van der Waals surface area contributed by atoms with Crippen molar-refractivity contribution in [2.45, 2.75) is 72.8 Å².